The fourth-order valence-corrected chi connectivity index (χ4v) is 4.98. The summed E-state index contributed by atoms with van der Waals surface area (Å²) in [6, 6.07) is 18.5. The van der Waals surface area contributed by atoms with Crippen molar-refractivity contribution in [2.45, 2.75) is 50.6 Å². The molecule has 1 saturated carbocycles. The monoisotopic (exact) mass is 477 g/mol. The Labute approximate surface area is 205 Å². The Bertz CT molecular complexity index is 1070. The molecule has 1 saturated heterocycles. The molecule has 2 aromatic rings. The minimum Gasteiger partial charge on any atom is -0.454 e. The van der Waals surface area contributed by atoms with Crippen molar-refractivity contribution < 1.29 is 23.9 Å². The zero-order valence-corrected chi connectivity index (χ0v) is 19.9. The third kappa shape index (κ3) is 5.53. The third-order valence-corrected chi connectivity index (χ3v) is 6.97. The first-order chi connectivity index (χ1) is 16.9. The molecular weight excluding hydrogens is 446 g/mol. The minimum atomic E-state index is -0.937. The number of rotatable bonds is 8. The van der Waals surface area contributed by atoms with Crippen molar-refractivity contribution in [3.8, 4) is 0 Å². The van der Waals surface area contributed by atoms with E-state index in [-0.39, 0.29) is 17.9 Å². The third-order valence-electron chi connectivity index (χ3n) is 6.97. The second-order valence-electron chi connectivity index (χ2n) is 9.32. The highest BCUT2D eigenvalue weighted by molar-refractivity contribution is 6.09. The van der Waals surface area contributed by atoms with Crippen LogP contribution in [0.3, 0.4) is 0 Å². The Hall–Kier alpha value is -3.68. The lowest BCUT2D eigenvalue weighted by Gasteiger charge is -2.36. The van der Waals surface area contributed by atoms with E-state index in [0.717, 1.165) is 35.3 Å². The van der Waals surface area contributed by atoms with Gasteiger partial charge in [0.2, 0.25) is 0 Å². The van der Waals surface area contributed by atoms with E-state index in [9.17, 15) is 19.2 Å². The second-order valence-corrected chi connectivity index (χ2v) is 9.32. The summed E-state index contributed by atoms with van der Waals surface area (Å²) >= 11 is 0. The smallest absolute Gasteiger partial charge is 0.326 e. The van der Waals surface area contributed by atoms with Crippen molar-refractivity contribution >= 4 is 23.8 Å². The molecule has 0 aromatic heterocycles. The highest BCUT2D eigenvalue weighted by Crippen LogP contribution is 2.38. The highest BCUT2D eigenvalue weighted by Gasteiger charge is 2.55. The average molecular weight is 478 g/mol. The minimum absolute atomic E-state index is 0.000896. The number of esters is 1. The van der Waals surface area contributed by atoms with Gasteiger partial charge in [-0.05, 0) is 36.3 Å². The maximum atomic E-state index is 13.0. The average Bonchev–Trinajstić information content (AvgIpc) is 3.10. The van der Waals surface area contributed by atoms with Gasteiger partial charge < -0.3 is 15.4 Å². The molecule has 1 aliphatic heterocycles. The van der Waals surface area contributed by atoms with Crippen LogP contribution in [0.2, 0.25) is 0 Å². The van der Waals surface area contributed by atoms with Crippen LogP contribution in [0.5, 0.6) is 0 Å². The van der Waals surface area contributed by atoms with Gasteiger partial charge >= 0.3 is 12.0 Å². The lowest BCUT2D eigenvalue weighted by Crippen LogP contribution is -2.54. The van der Waals surface area contributed by atoms with Gasteiger partial charge in [-0.1, -0.05) is 80.4 Å². The predicted molar refractivity (Wildman–Crippen MR) is 129 cm³/mol. The van der Waals surface area contributed by atoms with Crippen LogP contribution in [0.15, 0.2) is 60.7 Å². The summed E-state index contributed by atoms with van der Waals surface area (Å²) in [4.78, 5) is 51.4. The molecule has 2 aromatic carbocycles. The molecule has 8 heteroatoms. The van der Waals surface area contributed by atoms with Crippen molar-refractivity contribution in [2.75, 3.05) is 13.2 Å². The number of nitrogens with zero attached hydrogens (tertiary/aromatic N) is 1. The number of hydrogen-bond acceptors (Lipinski definition) is 5. The van der Waals surface area contributed by atoms with Gasteiger partial charge in [-0.15, -0.1) is 0 Å². The SMILES string of the molecule is CC1CCCCC12NC(=O)N(CC(=O)OCC(=O)NC(Cc1ccccc1)c1ccccc1)C2=O. The standard InChI is InChI=1S/C27H31N3O5/c1-19-10-8-9-15-27(19)25(33)30(26(34)29-27)17-24(32)35-18-23(31)28-22(21-13-6-3-7-14-21)16-20-11-4-2-5-12-20/h2-7,11-14,19,22H,8-10,15-18H2,1H3,(H,28,31)(H,29,34). The van der Waals surface area contributed by atoms with Crippen LogP contribution in [0.25, 0.3) is 0 Å². The second kappa shape index (κ2) is 10.7. The highest BCUT2D eigenvalue weighted by atomic mass is 16.5. The molecule has 2 N–H and O–H groups in total. The molecule has 4 rings (SSSR count). The van der Waals surface area contributed by atoms with E-state index in [1.807, 2.05) is 67.6 Å². The van der Waals surface area contributed by atoms with Gasteiger partial charge in [0.15, 0.2) is 6.61 Å². The first kappa shape index (κ1) is 24.4. The lowest BCUT2D eigenvalue weighted by molar-refractivity contribution is -0.151. The van der Waals surface area contributed by atoms with Crippen molar-refractivity contribution in [1.29, 1.82) is 0 Å². The van der Waals surface area contributed by atoms with Gasteiger partial charge in [-0.2, -0.15) is 0 Å². The van der Waals surface area contributed by atoms with E-state index < -0.39 is 36.6 Å². The molecule has 3 atom stereocenters. The topological polar surface area (TPSA) is 105 Å². The number of amides is 4. The molecule has 2 fully saturated rings. The Kier molecular flexibility index (Phi) is 7.48. The fourth-order valence-electron chi connectivity index (χ4n) is 4.98. The van der Waals surface area contributed by atoms with Gasteiger partial charge in [0.1, 0.15) is 12.1 Å². The lowest BCUT2D eigenvalue weighted by atomic mass is 9.73. The number of carbonyl (C=O) groups excluding carboxylic acids is 4. The van der Waals surface area contributed by atoms with Crippen LogP contribution >= 0.6 is 0 Å². The molecule has 4 amide bonds. The molecule has 2 aliphatic rings. The summed E-state index contributed by atoms with van der Waals surface area (Å²) in [5.74, 6) is -1.65. The largest absolute Gasteiger partial charge is 0.454 e. The Balaban J connectivity index is 1.33. The van der Waals surface area contributed by atoms with E-state index in [2.05, 4.69) is 10.6 Å². The summed E-state index contributed by atoms with van der Waals surface area (Å²) in [6.45, 7) is 0.933. The van der Waals surface area contributed by atoms with Crippen LogP contribution in [-0.4, -0.2) is 47.4 Å². The number of hydrogen-bond donors (Lipinski definition) is 2. The van der Waals surface area contributed by atoms with Gasteiger partial charge in [-0.25, -0.2) is 4.79 Å². The maximum Gasteiger partial charge on any atom is 0.326 e. The first-order valence-corrected chi connectivity index (χ1v) is 12.1. The summed E-state index contributed by atoms with van der Waals surface area (Å²) < 4.78 is 5.13. The van der Waals surface area contributed by atoms with Crippen LogP contribution in [-0.2, 0) is 25.5 Å². The van der Waals surface area contributed by atoms with E-state index in [1.54, 1.807) is 0 Å². The molecule has 35 heavy (non-hydrogen) atoms. The summed E-state index contributed by atoms with van der Waals surface area (Å²) in [6.07, 6.45) is 3.84. The van der Waals surface area contributed by atoms with E-state index in [1.165, 1.54) is 0 Å². The number of benzene rings is 2. The summed E-state index contributed by atoms with van der Waals surface area (Å²) in [7, 11) is 0. The van der Waals surface area contributed by atoms with E-state index in [0.29, 0.717) is 12.8 Å². The number of urea groups is 1. The normalized spacial score (nSPS) is 22.5. The van der Waals surface area contributed by atoms with Gasteiger partial charge in [-0.3, -0.25) is 19.3 Å². The number of nitrogens with one attached hydrogen (secondary N) is 2. The Morgan fingerprint density at radius 1 is 1.09 bits per heavy atom. The molecule has 1 heterocycles. The molecule has 0 radical (unpaired) electrons. The summed E-state index contributed by atoms with van der Waals surface area (Å²) in [5.41, 5.74) is 1.05. The predicted octanol–water partition coefficient (Wildman–Crippen LogP) is 3.13. The fraction of sp³-hybridized carbons (Fsp3) is 0.407. The molecule has 184 valence electrons. The van der Waals surface area contributed by atoms with Crippen LogP contribution < -0.4 is 10.6 Å². The number of carbonyl (C=O) groups is 4. The van der Waals surface area contributed by atoms with Crippen molar-refractivity contribution in [1.82, 2.24) is 15.5 Å². The molecule has 3 unspecified atom stereocenters. The van der Waals surface area contributed by atoms with Crippen LogP contribution in [0, 0.1) is 5.92 Å². The quantitative estimate of drug-likeness (QED) is 0.449. The molecule has 0 bridgehead atoms. The number of ether oxygens (including phenoxy) is 1. The zero-order chi connectivity index (χ0) is 24.8. The van der Waals surface area contributed by atoms with Crippen molar-refractivity contribution in [3.63, 3.8) is 0 Å². The molecular formula is C27H31N3O5. The molecule has 1 aliphatic carbocycles. The van der Waals surface area contributed by atoms with Crippen molar-refractivity contribution in [2.24, 2.45) is 5.92 Å². The first-order valence-electron chi connectivity index (χ1n) is 12.1. The number of imide groups is 1. The summed E-state index contributed by atoms with van der Waals surface area (Å²) in [5, 5.41) is 5.73. The van der Waals surface area contributed by atoms with Crippen LogP contribution in [0.1, 0.15) is 49.8 Å². The Morgan fingerprint density at radius 3 is 2.46 bits per heavy atom. The van der Waals surface area contributed by atoms with Gasteiger partial charge in [0, 0.05) is 0 Å². The zero-order valence-electron chi connectivity index (χ0n) is 19.9. The van der Waals surface area contributed by atoms with Gasteiger partial charge in [0.05, 0.1) is 6.04 Å². The maximum absolute atomic E-state index is 13.0. The van der Waals surface area contributed by atoms with Crippen molar-refractivity contribution in [3.05, 3.63) is 71.8 Å². The van der Waals surface area contributed by atoms with E-state index >= 15 is 0 Å². The molecule has 1 spiro atoms. The Morgan fingerprint density at radius 2 is 1.77 bits per heavy atom. The van der Waals surface area contributed by atoms with Gasteiger partial charge in [0.25, 0.3) is 11.8 Å². The molecule has 8 nitrogen and oxygen atoms in total. The van der Waals surface area contributed by atoms with E-state index in [4.69, 9.17) is 4.74 Å². The van der Waals surface area contributed by atoms with Crippen LogP contribution in [0.4, 0.5) is 4.79 Å².